The molecule has 1 saturated heterocycles. The second kappa shape index (κ2) is 11.8. The molecule has 2 aromatic carbocycles. The van der Waals surface area contributed by atoms with Crippen LogP contribution in [0.15, 0.2) is 66.9 Å². The largest absolute Gasteiger partial charge is 0.492 e. The summed E-state index contributed by atoms with van der Waals surface area (Å²) in [6.45, 7) is 8.90. The summed E-state index contributed by atoms with van der Waals surface area (Å²) in [5.41, 5.74) is 5.11. The molecule has 0 spiro atoms. The number of hydrogen-bond donors (Lipinski definition) is 1. The van der Waals surface area contributed by atoms with Crippen LogP contribution in [0.25, 0.3) is 11.1 Å². The first-order chi connectivity index (χ1) is 16.6. The van der Waals surface area contributed by atoms with Gasteiger partial charge in [0.15, 0.2) is 0 Å². The fraction of sp³-hybridized carbons (Fsp3) is 0.357. The van der Waals surface area contributed by atoms with Crippen LogP contribution in [0.3, 0.4) is 0 Å². The molecule has 0 saturated carbocycles. The van der Waals surface area contributed by atoms with Gasteiger partial charge in [0.1, 0.15) is 12.4 Å². The van der Waals surface area contributed by atoms with Gasteiger partial charge in [-0.3, -0.25) is 14.7 Å². The molecule has 6 heteroatoms. The highest BCUT2D eigenvalue weighted by molar-refractivity contribution is 5.78. The van der Waals surface area contributed by atoms with E-state index in [1.807, 2.05) is 54.7 Å². The standard InChI is InChI=1S/C28H33N3O3/c1-21-16-26(34-15-13-31-12-14-33-20-22(31)2)10-11-27(21)24-8-9-25(29-19-24)17-28(32)30-18-23-6-4-3-5-7-23/h3-11,16,19,22H,12-15,17-18,20H2,1-2H3,(H,30,32). The molecule has 6 nitrogen and oxygen atoms in total. The van der Waals surface area contributed by atoms with Crippen LogP contribution in [0, 0.1) is 6.92 Å². The van der Waals surface area contributed by atoms with E-state index in [0.717, 1.165) is 60.0 Å². The van der Waals surface area contributed by atoms with Crippen molar-refractivity contribution < 1.29 is 14.3 Å². The maximum atomic E-state index is 12.3. The summed E-state index contributed by atoms with van der Waals surface area (Å²) in [6, 6.07) is 20.4. The van der Waals surface area contributed by atoms with Crippen molar-refractivity contribution in [2.45, 2.75) is 32.9 Å². The number of nitrogens with one attached hydrogen (secondary N) is 1. The number of rotatable bonds is 9. The molecule has 1 amide bonds. The Kier molecular flexibility index (Phi) is 8.28. The lowest BCUT2D eigenvalue weighted by atomic mass is 10.0. The van der Waals surface area contributed by atoms with Gasteiger partial charge in [-0.2, -0.15) is 0 Å². The average molecular weight is 460 g/mol. The van der Waals surface area contributed by atoms with Gasteiger partial charge >= 0.3 is 0 Å². The Labute approximate surface area is 201 Å². The zero-order chi connectivity index (χ0) is 23.8. The van der Waals surface area contributed by atoms with Crippen LogP contribution in [0.5, 0.6) is 5.75 Å². The summed E-state index contributed by atoms with van der Waals surface area (Å²) in [7, 11) is 0. The number of aryl methyl sites for hydroxylation is 1. The van der Waals surface area contributed by atoms with Crippen LogP contribution in [-0.4, -0.2) is 54.7 Å². The molecule has 0 bridgehead atoms. The average Bonchev–Trinajstić information content (AvgIpc) is 2.85. The second-order valence-electron chi connectivity index (χ2n) is 8.76. The molecule has 1 atom stereocenters. The zero-order valence-corrected chi connectivity index (χ0v) is 20.0. The smallest absolute Gasteiger partial charge is 0.226 e. The molecule has 1 fully saturated rings. The first-order valence-electron chi connectivity index (χ1n) is 11.9. The Bertz CT molecular complexity index is 1070. The molecule has 3 aromatic rings. The Hall–Kier alpha value is -3.22. The highest BCUT2D eigenvalue weighted by Crippen LogP contribution is 2.26. The van der Waals surface area contributed by atoms with Crippen molar-refractivity contribution in [2.75, 3.05) is 32.9 Å². The normalized spacial score (nSPS) is 16.2. The van der Waals surface area contributed by atoms with Gasteiger partial charge in [-0.25, -0.2) is 0 Å². The van der Waals surface area contributed by atoms with Crippen molar-refractivity contribution in [1.29, 1.82) is 0 Å². The Morgan fingerprint density at radius 3 is 2.76 bits per heavy atom. The number of carbonyl (C=O) groups is 1. The lowest BCUT2D eigenvalue weighted by Crippen LogP contribution is -2.45. The van der Waals surface area contributed by atoms with Crippen LogP contribution in [-0.2, 0) is 22.5 Å². The predicted octanol–water partition coefficient (Wildman–Crippen LogP) is 4.02. The lowest BCUT2D eigenvalue weighted by molar-refractivity contribution is -0.120. The van der Waals surface area contributed by atoms with Gasteiger partial charge in [-0.05, 0) is 48.7 Å². The van der Waals surface area contributed by atoms with Crippen LogP contribution >= 0.6 is 0 Å². The van der Waals surface area contributed by atoms with E-state index in [4.69, 9.17) is 9.47 Å². The topological polar surface area (TPSA) is 63.7 Å². The number of pyridine rings is 1. The second-order valence-corrected chi connectivity index (χ2v) is 8.76. The van der Waals surface area contributed by atoms with Gasteiger partial charge in [-0.15, -0.1) is 0 Å². The molecule has 1 aliphatic rings. The first-order valence-corrected chi connectivity index (χ1v) is 11.9. The third-order valence-corrected chi connectivity index (χ3v) is 6.16. The zero-order valence-electron chi connectivity index (χ0n) is 20.0. The van der Waals surface area contributed by atoms with E-state index in [1.165, 1.54) is 0 Å². The first kappa shape index (κ1) is 23.9. The van der Waals surface area contributed by atoms with Crippen molar-refractivity contribution in [3.05, 3.63) is 83.7 Å². The van der Waals surface area contributed by atoms with Crippen LogP contribution in [0.4, 0.5) is 0 Å². The van der Waals surface area contributed by atoms with Crippen molar-refractivity contribution in [1.82, 2.24) is 15.2 Å². The molecule has 2 heterocycles. The molecule has 1 aromatic heterocycles. The molecule has 1 N–H and O–H groups in total. The van der Waals surface area contributed by atoms with E-state index in [9.17, 15) is 4.79 Å². The summed E-state index contributed by atoms with van der Waals surface area (Å²) in [6.07, 6.45) is 2.10. The Morgan fingerprint density at radius 1 is 1.18 bits per heavy atom. The number of benzene rings is 2. The third kappa shape index (κ3) is 6.65. The third-order valence-electron chi connectivity index (χ3n) is 6.16. The van der Waals surface area contributed by atoms with Gasteiger partial charge in [-0.1, -0.05) is 42.5 Å². The molecule has 0 radical (unpaired) electrons. The van der Waals surface area contributed by atoms with Crippen molar-refractivity contribution >= 4 is 5.91 Å². The molecule has 1 aliphatic heterocycles. The van der Waals surface area contributed by atoms with Crippen LogP contribution < -0.4 is 10.1 Å². The fourth-order valence-corrected chi connectivity index (χ4v) is 4.14. The van der Waals surface area contributed by atoms with Gasteiger partial charge in [0.25, 0.3) is 0 Å². The molecular formula is C28H33N3O3. The van der Waals surface area contributed by atoms with E-state index in [2.05, 4.69) is 41.2 Å². The number of carbonyl (C=O) groups excluding carboxylic acids is 1. The molecule has 4 rings (SSSR count). The number of aromatic nitrogens is 1. The fourth-order valence-electron chi connectivity index (χ4n) is 4.14. The molecule has 1 unspecified atom stereocenters. The molecule has 34 heavy (non-hydrogen) atoms. The maximum Gasteiger partial charge on any atom is 0.226 e. The van der Waals surface area contributed by atoms with Gasteiger partial charge in [0.05, 0.1) is 19.6 Å². The summed E-state index contributed by atoms with van der Waals surface area (Å²) >= 11 is 0. The number of amides is 1. The summed E-state index contributed by atoms with van der Waals surface area (Å²) in [5.74, 6) is 0.843. The van der Waals surface area contributed by atoms with Gasteiger partial charge in [0.2, 0.25) is 5.91 Å². The number of hydrogen-bond acceptors (Lipinski definition) is 5. The van der Waals surface area contributed by atoms with Crippen LogP contribution in [0.2, 0.25) is 0 Å². The minimum absolute atomic E-state index is 0.0340. The maximum absolute atomic E-state index is 12.3. The SMILES string of the molecule is Cc1cc(OCCN2CCOCC2C)ccc1-c1ccc(CC(=O)NCc2ccccc2)nc1. The van der Waals surface area contributed by atoms with E-state index in [1.54, 1.807) is 0 Å². The van der Waals surface area contributed by atoms with Crippen LogP contribution in [0.1, 0.15) is 23.7 Å². The van der Waals surface area contributed by atoms with Crippen molar-refractivity contribution in [3.63, 3.8) is 0 Å². The monoisotopic (exact) mass is 459 g/mol. The van der Waals surface area contributed by atoms with E-state index < -0.39 is 0 Å². The summed E-state index contributed by atoms with van der Waals surface area (Å²) in [4.78, 5) is 19.2. The minimum atomic E-state index is -0.0340. The predicted molar refractivity (Wildman–Crippen MR) is 134 cm³/mol. The quantitative estimate of drug-likeness (QED) is 0.524. The Morgan fingerprint density at radius 2 is 2.03 bits per heavy atom. The van der Waals surface area contributed by atoms with Gasteiger partial charge in [0, 0.05) is 43.1 Å². The Balaban J connectivity index is 1.28. The van der Waals surface area contributed by atoms with Gasteiger partial charge < -0.3 is 14.8 Å². The summed E-state index contributed by atoms with van der Waals surface area (Å²) < 4.78 is 11.5. The minimum Gasteiger partial charge on any atom is -0.492 e. The molecule has 178 valence electrons. The van der Waals surface area contributed by atoms with Crippen molar-refractivity contribution in [3.8, 4) is 16.9 Å². The number of morpholine rings is 1. The molecule has 0 aliphatic carbocycles. The van der Waals surface area contributed by atoms with E-state index >= 15 is 0 Å². The highest BCUT2D eigenvalue weighted by atomic mass is 16.5. The molecular weight excluding hydrogens is 426 g/mol. The number of nitrogens with zero attached hydrogens (tertiary/aromatic N) is 2. The van der Waals surface area contributed by atoms with Crippen molar-refractivity contribution in [2.24, 2.45) is 0 Å². The lowest BCUT2D eigenvalue weighted by Gasteiger charge is -2.32. The van der Waals surface area contributed by atoms with E-state index in [0.29, 0.717) is 19.2 Å². The van der Waals surface area contributed by atoms with E-state index in [-0.39, 0.29) is 12.3 Å². The summed E-state index contributed by atoms with van der Waals surface area (Å²) in [5, 5.41) is 2.95. The highest BCUT2D eigenvalue weighted by Gasteiger charge is 2.18. The number of ether oxygens (including phenoxy) is 2.